The predicted octanol–water partition coefficient (Wildman–Crippen LogP) is 3.40. The first-order chi connectivity index (χ1) is 16.3. The number of carboxylic acid groups (broad SMARTS) is 1. The molecule has 1 unspecified atom stereocenters. The van der Waals surface area contributed by atoms with Crippen LogP contribution in [0.3, 0.4) is 0 Å². The molecular formula is C26H30N2O6. The molecule has 180 valence electrons. The Morgan fingerprint density at radius 1 is 1.09 bits per heavy atom. The van der Waals surface area contributed by atoms with Gasteiger partial charge in [-0.2, -0.15) is 0 Å². The Kier molecular flexibility index (Phi) is 6.88. The Balaban J connectivity index is 1.28. The fourth-order valence-corrected chi connectivity index (χ4v) is 4.71. The number of fused-ring (bicyclic) bond motifs is 3. The Morgan fingerprint density at radius 3 is 2.24 bits per heavy atom. The molecule has 34 heavy (non-hydrogen) atoms. The number of nitrogens with one attached hydrogen (secondary N) is 1. The minimum atomic E-state index is -1.04. The lowest BCUT2D eigenvalue weighted by Crippen LogP contribution is -2.64. The Labute approximate surface area is 198 Å². The van der Waals surface area contributed by atoms with Crippen LogP contribution in [0, 0.1) is 0 Å². The van der Waals surface area contributed by atoms with Crippen molar-refractivity contribution in [2.45, 2.75) is 44.2 Å². The van der Waals surface area contributed by atoms with Gasteiger partial charge >= 0.3 is 12.1 Å². The molecule has 0 saturated carbocycles. The molecule has 1 atom stereocenters. The molecule has 4 rings (SSSR count). The van der Waals surface area contributed by atoms with Gasteiger partial charge in [0.25, 0.3) is 0 Å². The molecular weight excluding hydrogens is 436 g/mol. The number of likely N-dealkylation sites (tertiary alicyclic amines) is 1. The van der Waals surface area contributed by atoms with Crippen LogP contribution in [0.1, 0.15) is 43.7 Å². The van der Waals surface area contributed by atoms with E-state index in [1.807, 2.05) is 31.2 Å². The van der Waals surface area contributed by atoms with Gasteiger partial charge in [0.1, 0.15) is 18.8 Å². The molecule has 0 spiro atoms. The van der Waals surface area contributed by atoms with Crippen molar-refractivity contribution in [3.05, 3.63) is 59.7 Å². The normalized spacial score (nSPS) is 16.7. The summed E-state index contributed by atoms with van der Waals surface area (Å²) in [4.78, 5) is 37.5. The molecule has 0 aromatic heterocycles. The van der Waals surface area contributed by atoms with Crippen LogP contribution in [0.4, 0.5) is 4.79 Å². The first-order valence-electron chi connectivity index (χ1n) is 11.5. The zero-order valence-corrected chi connectivity index (χ0v) is 19.5. The lowest BCUT2D eigenvalue weighted by atomic mass is 9.95. The van der Waals surface area contributed by atoms with E-state index < -0.39 is 17.7 Å². The van der Waals surface area contributed by atoms with Crippen LogP contribution in [0.15, 0.2) is 48.5 Å². The number of nitrogens with zero attached hydrogens (tertiary/aromatic N) is 1. The zero-order valence-electron chi connectivity index (χ0n) is 19.5. The number of hydrogen-bond acceptors (Lipinski definition) is 5. The molecule has 8 nitrogen and oxygen atoms in total. The molecule has 0 bridgehead atoms. The van der Waals surface area contributed by atoms with Gasteiger partial charge in [-0.05, 0) is 35.6 Å². The van der Waals surface area contributed by atoms with Crippen LogP contribution in [-0.4, -0.2) is 65.9 Å². The number of amides is 2. The smallest absolute Gasteiger partial charge is 0.407 e. The minimum absolute atomic E-state index is 0.0237. The number of benzene rings is 2. The summed E-state index contributed by atoms with van der Waals surface area (Å²) in [6.45, 7) is 4.18. The van der Waals surface area contributed by atoms with Gasteiger partial charge in [0.05, 0.1) is 13.1 Å². The van der Waals surface area contributed by atoms with Gasteiger partial charge in [0.15, 0.2) is 0 Å². The zero-order chi connectivity index (χ0) is 24.3. The lowest BCUT2D eigenvalue weighted by molar-refractivity contribution is -0.173. The molecule has 2 aliphatic rings. The van der Waals surface area contributed by atoms with Crippen LogP contribution in [0.5, 0.6) is 0 Å². The van der Waals surface area contributed by atoms with E-state index in [-0.39, 0.29) is 37.5 Å². The number of aliphatic carboxylic acids is 1. The quantitative estimate of drug-likeness (QED) is 0.587. The Bertz CT molecular complexity index is 1030. The molecule has 1 fully saturated rings. The third-order valence-corrected chi connectivity index (χ3v) is 6.53. The highest BCUT2D eigenvalue weighted by Gasteiger charge is 2.43. The van der Waals surface area contributed by atoms with E-state index in [1.54, 1.807) is 11.8 Å². The van der Waals surface area contributed by atoms with Crippen molar-refractivity contribution in [2.24, 2.45) is 0 Å². The maximum Gasteiger partial charge on any atom is 0.407 e. The van der Waals surface area contributed by atoms with E-state index in [9.17, 15) is 14.4 Å². The fourth-order valence-electron chi connectivity index (χ4n) is 4.71. The molecule has 2 N–H and O–H groups in total. The minimum Gasteiger partial charge on any atom is -0.480 e. The van der Waals surface area contributed by atoms with Crippen LogP contribution >= 0.6 is 0 Å². The average Bonchev–Trinajstić information content (AvgIpc) is 3.12. The third-order valence-electron chi connectivity index (χ3n) is 6.53. The standard InChI is InChI=1S/C26H30N2O6/c1-3-17(12-23(29)28-15-26(2,16-28)34-14-24(30)31)27-25(32)33-13-22-20-10-6-4-8-18(20)19-9-5-7-11-21(19)22/h4-11,17,22H,3,12-16H2,1-2H3,(H,27,32)(H,30,31). The molecule has 1 aliphatic heterocycles. The highest BCUT2D eigenvalue weighted by atomic mass is 16.5. The molecule has 1 saturated heterocycles. The molecule has 0 radical (unpaired) electrons. The van der Waals surface area contributed by atoms with Crippen molar-refractivity contribution in [2.75, 3.05) is 26.3 Å². The van der Waals surface area contributed by atoms with Gasteiger partial charge in [-0.15, -0.1) is 0 Å². The number of rotatable bonds is 9. The first-order valence-corrected chi connectivity index (χ1v) is 11.5. The van der Waals surface area contributed by atoms with Gasteiger partial charge < -0.3 is 24.8 Å². The Morgan fingerprint density at radius 2 is 1.68 bits per heavy atom. The number of carbonyl (C=O) groups excluding carboxylic acids is 2. The SMILES string of the molecule is CCC(CC(=O)N1CC(C)(OCC(=O)O)C1)NC(=O)OCC1c2ccccc2-c2ccccc21. The van der Waals surface area contributed by atoms with Crippen molar-refractivity contribution < 1.29 is 29.0 Å². The number of hydrogen-bond donors (Lipinski definition) is 2. The maximum atomic E-state index is 12.6. The number of carbonyl (C=O) groups is 3. The monoisotopic (exact) mass is 466 g/mol. The van der Waals surface area contributed by atoms with E-state index in [1.165, 1.54) is 0 Å². The first kappa shape index (κ1) is 23.8. The molecule has 2 amide bonds. The second-order valence-corrected chi connectivity index (χ2v) is 9.16. The predicted molar refractivity (Wildman–Crippen MR) is 125 cm³/mol. The van der Waals surface area contributed by atoms with Crippen molar-refractivity contribution in [1.82, 2.24) is 10.2 Å². The Hall–Kier alpha value is -3.39. The average molecular weight is 467 g/mol. The maximum absolute atomic E-state index is 12.6. The molecule has 2 aromatic rings. The van der Waals surface area contributed by atoms with Crippen molar-refractivity contribution in [3.8, 4) is 11.1 Å². The molecule has 1 aliphatic carbocycles. The van der Waals surface area contributed by atoms with Crippen molar-refractivity contribution in [3.63, 3.8) is 0 Å². The summed E-state index contributed by atoms with van der Waals surface area (Å²) < 4.78 is 10.9. The lowest BCUT2D eigenvalue weighted by Gasteiger charge is -2.47. The van der Waals surface area contributed by atoms with Gasteiger partial charge in [-0.1, -0.05) is 55.5 Å². The fraction of sp³-hybridized carbons (Fsp3) is 0.423. The summed E-state index contributed by atoms with van der Waals surface area (Å²) in [6.07, 6.45) is 0.187. The summed E-state index contributed by atoms with van der Waals surface area (Å²) in [5, 5.41) is 11.6. The van der Waals surface area contributed by atoms with Gasteiger partial charge in [0, 0.05) is 18.4 Å². The second kappa shape index (κ2) is 9.85. The van der Waals surface area contributed by atoms with E-state index in [0.717, 1.165) is 22.3 Å². The van der Waals surface area contributed by atoms with Crippen LogP contribution in [0.25, 0.3) is 11.1 Å². The van der Waals surface area contributed by atoms with Crippen molar-refractivity contribution in [1.29, 1.82) is 0 Å². The summed E-state index contributed by atoms with van der Waals surface area (Å²) >= 11 is 0. The molecule has 8 heteroatoms. The van der Waals surface area contributed by atoms with Crippen molar-refractivity contribution >= 4 is 18.0 Å². The van der Waals surface area contributed by atoms with E-state index in [2.05, 4.69) is 29.6 Å². The number of ether oxygens (including phenoxy) is 2. The van der Waals surface area contributed by atoms with Crippen LogP contribution < -0.4 is 5.32 Å². The highest BCUT2D eigenvalue weighted by Crippen LogP contribution is 2.44. The molecule has 1 heterocycles. The second-order valence-electron chi connectivity index (χ2n) is 9.16. The van der Waals surface area contributed by atoms with Crippen LogP contribution in [-0.2, 0) is 19.1 Å². The summed E-state index contributed by atoms with van der Waals surface area (Å²) in [5.41, 5.74) is 3.97. The highest BCUT2D eigenvalue weighted by molar-refractivity contribution is 5.80. The topological polar surface area (TPSA) is 105 Å². The van der Waals surface area contributed by atoms with Gasteiger partial charge in [-0.3, -0.25) is 4.79 Å². The summed E-state index contributed by atoms with van der Waals surface area (Å²) in [6, 6.07) is 15.9. The van der Waals surface area contributed by atoms with E-state index in [0.29, 0.717) is 19.5 Å². The third kappa shape index (κ3) is 5.07. The van der Waals surface area contributed by atoms with E-state index >= 15 is 0 Å². The van der Waals surface area contributed by atoms with Crippen LogP contribution in [0.2, 0.25) is 0 Å². The summed E-state index contributed by atoms with van der Waals surface area (Å²) in [7, 11) is 0. The van der Waals surface area contributed by atoms with E-state index in [4.69, 9.17) is 14.6 Å². The molecule has 2 aromatic carbocycles. The van der Waals surface area contributed by atoms with Gasteiger partial charge in [0.2, 0.25) is 5.91 Å². The summed E-state index contributed by atoms with van der Waals surface area (Å²) in [5.74, 6) is -1.17. The van der Waals surface area contributed by atoms with Gasteiger partial charge in [-0.25, -0.2) is 9.59 Å². The number of alkyl carbamates (subject to hydrolysis) is 1. The number of carboxylic acids is 1. The largest absolute Gasteiger partial charge is 0.480 e.